The first-order valence-corrected chi connectivity index (χ1v) is 5.82. The quantitative estimate of drug-likeness (QED) is 0.678. The van der Waals surface area contributed by atoms with Crippen LogP contribution in [-0.4, -0.2) is 30.1 Å². The van der Waals surface area contributed by atoms with Crippen molar-refractivity contribution >= 4 is 21.8 Å². The predicted molar refractivity (Wildman–Crippen MR) is 57.0 cm³/mol. The number of hydrogen-bond acceptors (Lipinski definition) is 4. The smallest absolute Gasteiger partial charge is 0.325 e. The van der Waals surface area contributed by atoms with E-state index in [9.17, 15) is 13.2 Å². The summed E-state index contributed by atoms with van der Waals surface area (Å²) >= 11 is 0. The summed E-state index contributed by atoms with van der Waals surface area (Å²) in [6.45, 7) is 1.36. The minimum absolute atomic E-state index is 0.0555. The Morgan fingerprint density at radius 1 is 1.38 bits per heavy atom. The van der Waals surface area contributed by atoms with E-state index in [0.717, 1.165) is 0 Å². The highest BCUT2D eigenvalue weighted by Gasteiger charge is 2.18. The SMILES string of the molecule is C[C@H](Nc1ccccc1S(=O)(=O)O)C(=O)O. The summed E-state index contributed by atoms with van der Waals surface area (Å²) in [6.07, 6.45) is 0. The van der Waals surface area contributed by atoms with Crippen molar-refractivity contribution in [3.63, 3.8) is 0 Å². The third-order valence-electron chi connectivity index (χ3n) is 1.91. The zero-order valence-electron chi connectivity index (χ0n) is 8.41. The lowest BCUT2D eigenvalue weighted by Gasteiger charge is -2.13. The predicted octanol–water partition coefficient (Wildman–Crippen LogP) is 0.818. The number of hydrogen-bond donors (Lipinski definition) is 3. The third kappa shape index (κ3) is 2.94. The molecule has 0 bridgehead atoms. The van der Waals surface area contributed by atoms with E-state index in [4.69, 9.17) is 9.66 Å². The lowest BCUT2D eigenvalue weighted by Crippen LogP contribution is -2.26. The van der Waals surface area contributed by atoms with Crippen LogP contribution in [0.25, 0.3) is 0 Å². The minimum atomic E-state index is -4.36. The number of carbonyl (C=O) groups is 1. The molecule has 1 aromatic rings. The number of aliphatic carboxylic acids is 1. The molecule has 0 unspecified atom stereocenters. The van der Waals surface area contributed by atoms with Crippen LogP contribution in [0, 0.1) is 0 Å². The Labute approximate surface area is 92.7 Å². The van der Waals surface area contributed by atoms with Gasteiger partial charge in [-0.1, -0.05) is 12.1 Å². The van der Waals surface area contributed by atoms with Crippen LogP contribution in [0.2, 0.25) is 0 Å². The summed E-state index contributed by atoms with van der Waals surface area (Å²) in [5, 5.41) is 11.1. The van der Waals surface area contributed by atoms with E-state index in [0.29, 0.717) is 0 Å². The maximum Gasteiger partial charge on any atom is 0.325 e. The molecule has 0 amide bonds. The number of anilines is 1. The highest BCUT2D eigenvalue weighted by atomic mass is 32.2. The van der Waals surface area contributed by atoms with Gasteiger partial charge in [0, 0.05) is 0 Å². The van der Waals surface area contributed by atoms with Gasteiger partial charge in [-0.3, -0.25) is 9.35 Å². The number of carboxylic acids is 1. The van der Waals surface area contributed by atoms with Crippen molar-refractivity contribution in [1.82, 2.24) is 0 Å². The number of nitrogens with one attached hydrogen (secondary N) is 1. The molecule has 3 N–H and O–H groups in total. The van der Waals surface area contributed by atoms with Crippen molar-refractivity contribution in [2.75, 3.05) is 5.32 Å². The van der Waals surface area contributed by atoms with Gasteiger partial charge in [-0.05, 0) is 19.1 Å². The van der Waals surface area contributed by atoms with E-state index < -0.39 is 22.1 Å². The summed E-state index contributed by atoms with van der Waals surface area (Å²) in [5.74, 6) is -1.12. The summed E-state index contributed by atoms with van der Waals surface area (Å²) in [5.41, 5.74) is 0.0555. The Hall–Kier alpha value is -1.60. The van der Waals surface area contributed by atoms with E-state index >= 15 is 0 Å². The number of benzene rings is 1. The maximum atomic E-state index is 11.0. The normalized spacial score (nSPS) is 13.1. The van der Waals surface area contributed by atoms with Gasteiger partial charge in [-0.15, -0.1) is 0 Å². The van der Waals surface area contributed by atoms with Gasteiger partial charge in [0.05, 0.1) is 5.69 Å². The topological polar surface area (TPSA) is 104 Å². The van der Waals surface area contributed by atoms with E-state index in [1.807, 2.05) is 0 Å². The lowest BCUT2D eigenvalue weighted by atomic mass is 10.2. The molecule has 7 heteroatoms. The first-order valence-electron chi connectivity index (χ1n) is 4.38. The van der Waals surface area contributed by atoms with Crippen LogP contribution in [0.5, 0.6) is 0 Å². The fourth-order valence-electron chi connectivity index (χ4n) is 1.11. The molecule has 1 rings (SSSR count). The molecule has 88 valence electrons. The fourth-order valence-corrected chi connectivity index (χ4v) is 1.76. The van der Waals surface area contributed by atoms with E-state index in [1.165, 1.54) is 31.2 Å². The van der Waals surface area contributed by atoms with Crippen LogP contribution >= 0.6 is 0 Å². The molecule has 0 radical (unpaired) electrons. The summed E-state index contributed by atoms with van der Waals surface area (Å²) in [6, 6.07) is 4.57. The second-order valence-corrected chi connectivity index (χ2v) is 4.57. The molecule has 6 nitrogen and oxygen atoms in total. The van der Waals surface area contributed by atoms with Crippen molar-refractivity contribution in [2.45, 2.75) is 17.9 Å². The minimum Gasteiger partial charge on any atom is -0.480 e. The van der Waals surface area contributed by atoms with E-state index in [2.05, 4.69) is 5.32 Å². The Balaban J connectivity index is 3.10. The van der Waals surface area contributed by atoms with Gasteiger partial charge in [0.15, 0.2) is 0 Å². The Kier molecular flexibility index (Phi) is 3.51. The molecule has 0 aromatic heterocycles. The Morgan fingerprint density at radius 2 is 1.94 bits per heavy atom. The van der Waals surface area contributed by atoms with Gasteiger partial charge in [0.2, 0.25) is 0 Å². The molecule has 0 spiro atoms. The average Bonchev–Trinajstić information content (AvgIpc) is 2.16. The zero-order valence-corrected chi connectivity index (χ0v) is 9.23. The fraction of sp³-hybridized carbons (Fsp3) is 0.222. The van der Waals surface area contributed by atoms with Crippen molar-refractivity contribution in [3.05, 3.63) is 24.3 Å². The average molecular weight is 245 g/mol. The lowest BCUT2D eigenvalue weighted by molar-refractivity contribution is -0.137. The van der Waals surface area contributed by atoms with Crippen molar-refractivity contribution in [2.24, 2.45) is 0 Å². The van der Waals surface area contributed by atoms with E-state index in [-0.39, 0.29) is 10.6 Å². The van der Waals surface area contributed by atoms with Gasteiger partial charge in [0.25, 0.3) is 10.1 Å². The molecule has 0 aliphatic carbocycles. The molecule has 1 aromatic carbocycles. The zero-order chi connectivity index (χ0) is 12.3. The molecule has 16 heavy (non-hydrogen) atoms. The van der Waals surface area contributed by atoms with Gasteiger partial charge < -0.3 is 10.4 Å². The van der Waals surface area contributed by atoms with Crippen LogP contribution in [0.1, 0.15) is 6.92 Å². The molecular formula is C9H11NO5S. The van der Waals surface area contributed by atoms with Crippen LogP contribution in [-0.2, 0) is 14.9 Å². The number of para-hydroxylation sites is 1. The molecule has 0 aliphatic rings. The maximum absolute atomic E-state index is 11.0. The first kappa shape index (κ1) is 12.5. The monoisotopic (exact) mass is 245 g/mol. The summed E-state index contributed by atoms with van der Waals surface area (Å²) < 4.78 is 30.9. The van der Waals surface area contributed by atoms with Crippen molar-refractivity contribution in [3.8, 4) is 0 Å². The molecule has 1 atom stereocenters. The molecule has 0 aliphatic heterocycles. The summed E-state index contributed by atoms with van der Waals surface area (Å²) in [7, 11) is -4.36. The first-order chi connectivity index (χ1) is 7.32. The summed E-state index contributed by atoms with van der Waals surface area (Å²) in [4.78, 5) is 10.2. The second kappa shape index (κ2) is 4.50. The van der Waals surface area contributed by atoms with Gasteiger partial charge in [-0.2, -0.15) is 8.42 Å². The number of carboxylic acid groups (broad SMARTS) is 1. The standard InChI is InChI=1S/C9H11NO5S/c1-6(9(11)12)10-7-4-2-3-5-8(7)16(13,14)15/h2-6,10H,1H3,(H,11,12)(H,13,14,15)/t6-/m0/s1. The largest absolute Gasteiger partial charge is 0.480 e. The molecule has 0 heterocycles. The Bertz CT molecular complexity index is 496. The van der Waals surface area contributed by atoms with E-state index in [1.54, 1.807) is 0 Å². The molecule has 0 fully saturated rings. The highest BCUT2D eigenvalue weighted by molar-refractivity contribution is 7.86. The van der Waals surface area contributed by atoms with Gasteiger partial charge in [-0.25, -0.2) is 0 Å². The van der Waals surface area contributed by atoms with Crippen molar-refractivity contribution in [1.29, 1.82) is 0 Å². The van der Waals surface area contributed by atoms with Crippen LogP contribution < -0.4 is 5.32 Å². The number of rotatable bonds is 4. The van der Waals surface area contributed by atoms with Crippen molar-refractivity contribution < 1.29 is 22.9 Å². The molecule has 0 saturated carbocycles. The van der Waals surface area contributed by atoms with Crippen LogP contribution in [0.3, 0.4) is 0 Å². The second-order valence-electron chi connectivity index (χ2n) is 3.18. The molecule has 0 saturated heterocycles. The highest BCUT2D eigenvalue weighted by Crippen LogP contribution is 2.20. The van der Waals surface area contributed by atoms with Crippen LogP contribution in [0.4, 0.5) is 5.69 Å². The third-order valence-corrected chi connectivity index (χ3v) is 2.82. The van der Waals surface area contributed by atoms with Crippen LogP contribution in [0.15, 0.2) is 29.2 Å². The van der Waals surface area contributed by atoms with Gasteiger partial charge in [0.1, 0.15) is 10.9 Å². The Morgan fingerprint density at radius 3 is 2.44 bits per heavy atom. The van der Waals surface area contributed by atoms with Gasteiger partial charge >= 0.3 is 5.97 Å². The molecular weight excluding hydrogens is 234 g/mol.